The van der Waals surface area contributed by atoms with Gasteiger partial charge in [0, 0.05) is 28.2 Å². The number of halogens is 3. The van der Waals surface area contributed by atoms with Crippen LogP contribution in [0.15, 0.2) is 36.4 Å². The molecule has 1 amide bonds. The Hall–Kier alpha value is -3.70. The zero-order valence-corrected chi connectivity index (χ0v) is 20.1. The fourth-order valence-electron chi connectivity index (χ4n) is 5.65. The second-order valence-corrected chi connectivity index (χ2v) is 9.78. The molecule has 2 aromatic carbocycles. The zero-order chi connectivity index (χ0) is 27.5. The van der Waals surface area contributed by atoms with Crippen molar-refractivity contribution in [2.45, 2.75) is 62.6 Å². The fraction of sp³-hybridized carbons (Fsp3) is 0.370. The first-order valence-corrected chi connectivity index (χ1v) is 12.1. The highest BCUT2D eigenvalue weighted by molar-refractivity contribution is 6.30. The summed E-state index contributed by atoms with van der Waals surface area (Å²) in [6.45, 7) is 1.47. The van der Waals surface area contributed by atoms with Crippen molar-refractivity contribution < 1.29 is 47.6 Å². The van der Waals surface area contributed by atoms with E-state index in [1.54, 1.807) is 24.3 Å². The molecule has 4 N–H and O–H groups in total. The van der Waals surface area contributed by atoms with Gasteiger partial charge in [0.2, 0.25) is 0 Å². The van der Waals surface area contributed by atoms with Crippen molar-refractivity contribution >= 4 is 17.5 Å². The number of aliphatic hydroxyl groups is 1. The fourth-order valence-corrected chi connectivity index (χ4v) is 5.65. The number of rotatable bonds is 3. The van der Waals surface area contributed by atoms with Gasteiger partial charge in [-0.1, -0.05) is 36.4 Å². The SMILES string of the molecule is C[C@@H]1O[C@@H](CC2C=CCc3c(O)c4c(c(O)c32)C(=O)c2ccccc2C4=O)C[C@H](NC(=O)C(F)(F)F)[C@@H]1O. The van der Waals surface area contributed by atoms with Crippen LogP contribution in [0.4, 0.5) is 13.2 Å². The molecule has 2 aromatic rings. The summed E-state index contributed by atoms with van der Waals surface area (Å²) in [5.74, 6) is -4.85. The quantitative estimate of drug-likeness (QED) is 0.302. The lowest BCUT2D eigenvalue weighted by Gasteiger charge is -2.40. The topological polar surface area (TPSA) is 133 Å². The van der Waals surface area contributed by atoms with Crippen LogP contribution in [-0.4, -0.2) is 63.3 Å². The van der Waals surface area contributed by atoms with E-state index in [0.29, 0.717) is 0 Å². The van der Waals surface area contributed by atoms with Crippen LogP contribution < -0.4 is 5.32 Å². The molecule has 1 saturated heterocycles. The van der Waals surface area contributed by atoms with Crippen LogP contribution >= 0.6 is 0 Å². The van der Waals surface area contributed by atoms with E-state index in [1.807, 2.05) is 5.32 Å². The van der Waals surface area contributed by atoms with Gasteiger partial charge in [-0.25, -0.2) is 0 Å². The van der Waals surface area contributed by atoms with Gasteiger partial charge in [-0.05, 0) is 26.2 Å². The minimum atomic E-state index is -5.12. The van der Waals surface area contributed by atoms with E-state index in [2.05, 4.69) is 0 Å². The molecular formula is C27H24F3NO7. The molecule has 1 heterocycles. The van der Waals surface area contributed by atoms with E-state index in [-0.39, 0.29) is 52.6 Å². The number of carbonyl (C=O) groups is 3. The van der Waals surface area contributed by atoms with Crippen molar-refractivity contribution in [3.8, 4) is 11.5 Å². The van der Waals surface area contributed by atoms with E-state index in [9.17, 15) is 42.9 Å². The van der Waals surface area contributed by atoms with Crippen LogP contribution in [-0.2, 0) is 16.0 Å². The maximum Gasteiger partial charge on any atom is 0.471 e. The summed E-state index contributed by atoms with van der Waals surface area (Å²) in [6, 6.07) is 4.88. The standard InChI is InChI=1S/C27H24F3NO7/c1-11-21(32)17(31-26(37)27(28,29)30)10-13(38-11)9-12-5-4-8-16-18(12)25(36)20-19(24(16)35)22(33)14-6-2-3-7-15(14)23(20)34/h2-7,11-13,17,21,32,35-36H,8-10H2,1H3,(H,31,37)/t11-,12?,13-,17-,21+/m0/s1. The molecule has 2 aliphatic carbocycles. The van der Waals surface area contributed by atoms with Crippen LogP contribution in [0.25, 0.3) is 0 Å². The number of hydrogen-bond donors (Lipinski definition) is 4. The number of ether oxygens (including phenoxy) is 1. The lowest BCUT2D eigenvalue weighted by molar-refractivity contribution is -0.179. The number of benzene rings is 2. The number of phenolic OH excluding ortho intramolecular Hbond substituents is 2. The zero-order valence-electron chi connectivity index (χ0n) is 20.1. The van der Waals surface area contributed by atoms with Crippen molar-refractivity contribution in [1.29, 1.82) is 0 Å². The van der Waals surface area contributed by atoms with Gasteiger partial charge in [-0.15, -0.1) is 0 Å². The molecule has 0 saturated carbocycles. The molecular weight excluding hydrogens is 507 g/mol. The largest absolute Gasteiger partial charge is 0.507 e. The molecule has 1 fully saturated rings. The van der Waals surface area contributed by atoms with Crippen LogP contribution in [0.5, 0.6) is 11.5 Å². The van der Waals surface area contributed by atoms with Crippen molar-refractivity contribution in [1.82, 2.24) is 5.32 Å². The summed E-state index contributed by atoms with van der Waals surface area (Å²) in [4.78, 5) is 38.0. The highest BCUT2D eigenvalue weighted by atomic mass is 19.4. The maximum atomic E-state index is 13.3. The number of aliphatic hydroxyl groups excluding tert-OH is 1. The van der Waals surface area contributed by atoms with Crippen molar-refractivity contribution in [2.75, 3.05) is 0 Å². The summed E-state index contributed by atoms with van der Waals surface area (Å²) in [5, 5.41) is 34.5. The van der Waals surface area contributed by atoms with Crippen LogP contribution in [0.1, 0.15) is 68.7 Å². The van der Waals surface area contributed by atoms with Gasteiger partial charge in [-0.3, -0.25) is 14.4 Å². The second kappa shape index (κ2) is 9.25. The summed E-state index contributed by atoms with van der Waals surface area (Å²) in [5.41, 5.74) is 0.151. The molecule has 1 aliphatic heterocycles. The minimum absolute atomic E-state index is 0.101. The Balaban J connectivity index is 1.48. The summed E-state index contributed by atoms with van der Waals surface area (Å²) >= 11 is 0. The lowest BCUT2D eigenvalue weighted by Crippen LogP contribution is -2.57. The van der Waals surface area contributed by atoms with Crippen LogP contribution in [0.2, 0.25) is 0 Å². The average molecular weight is 531 g/mol. The molecule has 5 atom stereocenters. The Labute approximate surface area is 214 Å². The molecule has 200 valence electrons. The monoisotopic (exact) mass is 531 g/mol. The number of phenols is 2. The number of fused-ring (bicyclic) bond motifs is 3. The number of allylic oxidation sites excluding steroid dienone is 2. The van der Waals surface area contributed by atoms with Crippen LogP contribution in [0, 0.1) is 0 Å². The van der Waals surface area contributed by atoms with E-state index < -0.39 is 65.4 Å². The number of alkyl halides is 3. The van der Waals surface area contributed by atoms with E-state index in [1.165, 1.54) is 19.1 Å². The predicted octanol–water partition coefficient (Wildman–Crippen LogP) is 3.04. The Kier molecular flexibility index (Phi) is 6.31. The first-order chi connectivity index (χ1) is 17.9. The van der Waals surface area contributed by atoms with Crippen molar-refractivity contribution in [2.24, 2.45) is 0 Å². The minimum Gasteiger partial charge on any atom is -0.507 e. The van der Waals surface area contributed by atoms with Crippen LogP contribution in [0.3, 0.4) is 0 Å². The molecule has 38 heavy (non-hydrogen) atoms. The number of carbonyl (C=O) groups excluding carboxylic acids is 3. The van der Waals surface area contributed by atoms with Gasteiger partial charge in [0.25, 0.3) is 0 Å². The van der Waals surface area contributed by atoms with Gasteiger partial charge in [-0.2, -0.15) is 13.2 Å². The number of ketones is 2. The molecule has 0 spiro atoms. The Morgan fingerprint density at radius 1 is 1.08 bits per heavy atom. The summed E-state index contributed by atoms with van der Waals surface area (Å²) in [6.07, 6.45) is -4.58. The molecule has 0 radical (unpaired) electrons. The lowest BCUT2D eigenvalue weighted by atomic mass is 9.75. The first-order valence-electron chi connectivity index (χ1n) is 12.1. The maximum absolute atomic E-state index is 13.3. The molecule has 0 aromatic heterocycles. The second-order valence-electron chi connectivity index (χ2n) is 9.78. The third-order valence-corrected chi connectivity index (χ3v) is 7.43. The molecule has 0 bridgehead atoms. The summed E-state index contributed by atoms with van der Waals surface area (Å²) < 4.78 is 44.2. The molecule has 11 heteroatoms. The highest BCUT2D eigenvalue weighted by Gasteiger charge is 2.45. The molecule has 5 rings (SSSR count). The average Bonchev–Trinajstić information content (AvgIpc) is 2.87. The number of hydrogen-bond acceptors (Lipinski definition) is 7. The first kappa shape index (κ1) is 25.9. The Morgan fingerprint density at radius 3 is 2.29 bits per heavy atom. The van der Waals surface area contributed by atoms with Gasteiger partial charge in [0.15, 0.2) is 11.6 Å². The van der Waals surface area contributed by atoms with Gasteiger partial charge >= 0.3 is 12.1 Å². The van der Waals surface area contributed by atoms with Gasteiger partial charge < -0.3 is 25.4 Å². The number of aromatic hydroxyl groups is 2. The number of nitrogens with one attached hydrogen (secondary N) is 1. The van der Waals surface area contributed by atoms with Crippen molar-refractivity contribution in [3.63, 3.8) is 0 Å². The third-order valence-electron chi connectivity index (χ3n) is 7.43. The smallest absolute Gasteiger partial charge is 0.471 e. The normalized spacial score (nSPS) is 26.4. The third kappa shape index (κ3) is 4.15. The molecule has 8 nitrogen and oxygen atoms in total. The highest BCUT2D eigenvalue weighted by Crippen LogP contribution is 2.49. The van der Waals surface area contributed by atoms with E-state index in [0.717, 1.165) is 0 Å². The Morgan fingerprint density at radius 2 is 1.68 bits per heavy atom. The molecule has 3 aliphatic rings. The van der Waals surface area contributed by atoms with E-state index in [4.69, 9.17) is 4.74 Å². The summed E-state index contributed by atoms with van der Waals surface area (Å²) in [7, 11) is 0. The molecule has 1 unspecified atom stereocenters. The number of amides is 1. The van der Waals surface area contributed by atoms with Gasteiger partial charge in [0.05, 0.1) is 29.4 Å². The Bertz CT molecular complexity index is 1380. The predicted molar refractivity (Wildman–Crippen MR) is 126 cm³/mol. The van der Waals surface area contributed by atoms with Gasteiger partial charge in [0.1, 0.15) is 17.6 Å². The van der Waals surface area contributed by atoms with Crippen molar-refractivity contribution in [3.05, 3.63) is 69.8 Å². The van der Waals surface area contributed by atoms with E-state index >= 15 is 0 Å².